The average molecular weight is 453 g/mol. The zero-order chi connectivity index (χ0) is 23.0. The second-order valence-corrected chi connectivity index (χ2v) is 9.68. The molecule has 1 unspecified atom stereocenters. The van der Waals surface area contributed by atoms with E-state index in [1.54, 1.807) is 20.0 Å². The van der Waals surface area contributed by atoms with Gasteiger partial charge in [-0.15, -0.1) is 0 Å². The Bertz CT molecular complexity index is 1280. The van der Waals surface area contributed by atoms with E-state index < -0.39 is 33.9 Å². The van der Waals surface area contributed by atoms with E-state index in [4.69, 9.17) is 0 Å². The maximum Gasteiger partial charge on any atom is 0.269 e. The Morgan fingerprint density at radius 3 is 2.53 bits per heavy atom. The minimum Gasteiger partial charge on any atom is -0.342 e. The number of hydrogen-bond acceptors (Lipinski definition) is 5. The van der Waals surface area contributed by atoms with Gasteiger partial charge in [-0.25, -0.2) is 17.7 Å². The third-order valence-electron chi connectivity index (χ3n) is 5.40. The summed E-state index contributed by atoms with van der Waals surface area (Å²) in [6.07, 6.45) is 2.30. The molecule has 32 heavy (non-hydrogen) atoms. The SMILES string of the molecule is CCC(NC(=O)c1ccc2c(c1)S(=O)(=O)N(C(C)C)C2=O)c1ncc(-c2ccccc2)[nH]1. The molecule has 1 aromatic heterocycles. The van der Waals surface area contributed by atoms with Crippen LogP contribution >= 0.6 is 0 Å². The van der Waals surface area contributed by atoms with E-state index >= 15 is 0 Å². The lowest BCUT2D eigenvalue weighted by molar-refractivity contribution is 0.0845. The molecule has 166 valence electrons. The van der Waals surface area contributed by atoms with Crippen molar-refractivity contribution in [1.82, 2.24) is 19.6 Å². The van der Waals surface area contributed by atoms with Crippen LogP contribution in [0.3, 0.4) is 0 Å². The number of aromatic amines is 1. The predicted molar refractivity (Wildman–Crippen MR) is 119 cm³/mol. The van der Waals surface area contributed by atoms with Gasteiger partial charge in [0.15, 0.2) is 0 Å². The molecule has 0 saturated carbocycles. The number of sulfonamides is 1. The molecular weight excluding hydrogens is 428 g/mol. The van der Waals surface area contributed by atoms with Crippen molar-refractivity contribution in [3.8, 4) is 11.3 Å². The summed E-state index contributed by atoms with van der Waals surface area (Å²) in [6.45, 7) is 5.18. The summed E-state index contributed by atoms with van der Waals surface area (Å²) in [4.78, 5) is 32.9. The van der Waals surface area contributed by atoms with Crippen molar-refractivity contribution in [2.45, 2.75) is 44.2 Å². The van der Waals surface area contributed by atoms with Crippen molar-refractivity contribution in [1.29, 1.82) is 0 Å². The molecule has 2 amide bonds. The molecule has 4 rings (SSSR count). The molecule has 1 aliphatic heterocycles. The van der Waals surface area contributed by atoms with Gasteiger partial charge in [-0.2, -0.15) is 0 Å². The van der Waals surface area contributed by atoms with Gasteiger partial charge < -0.3 is 10.3 Å². The summed E-state index contributed by atoms with van der Waals surface area (Å²) < 4.78 is 26.5. The Morgan fingerprint density at radius 2 is 1.88 bits per heavy atom. The van der Waals surface area contributed by atoms with Crippen molar-refractivity contribution in [2.75, 3.05) is 0 Å². The molecule has 1 atom stereocenters. The summed E-state index contributed by atoms with van der Waals surface area (Å²) in [7, 11) is -3.98. The number of carbonyl (C=O) groups is 2. The third kappa shape index (κ3) is 3.69. The Kier molecular flexibility index (Phi) is 5.60. The van der Waals surface area contributed by atoms with Gasteiger partial charge in [-0.1, -0.05) is 37.3 Å². The summed E-state index contributed by atoms with van der Waals surface area (Å²) in [5, 5.41) is 2.90. The molecule has 8 nitrogen and oxygen atoms in total. The number of carbonyl (C=O) groups excluding carboxylic acids is 2. The van der Waals surface area contributed by atoms with Gasteiger partial charge in [-0.3, -0.25) is 9.59 Å². The van der Waals surface area contributed by atoms with Crippen LogP contribution in [0, 0.1) is 0 Å². The monoisotopic (exact) mass is 452 g/mol. The van der Waals surface area contributed by atoms with E-state index in [9.17, 15) is 18.0 Å². The Morgan fingerprint density at radius 1 is 1.16 bits per heavy atom. The number of imidazole rings is 1. The summed E-state index contributed by atoms with van der Waals surface area (Å²) in [5.41, 5.74) is 2.07. The predicted octanol–water partition coefficient (Wildman–Crippen LogP) is 3.51. The molecule has 2 N–H and O–H groups in total. The Balaban J connectivity index is 1.58. The fourth-order valence-corrected chi connectivity index (χ4v) is 5.58. The molecule has 2 heterocycles. The lowest BCUT2D eigenvalue weighted by Crippen LogP contribution is -2.36. The summed E-state index contributed by atoms with van der Waals surface area (Å²) >= 11 is 0. The first-order valence-electron chi connectivity index (χ1n) is 10.4. The second kappa shape index (κ2) is 8.23. The highest BCUT2D eigenvalue weighted by Gasteiger charge is 2.43. The van der Waals surface area contributed by atoms with Gasteiger partial charge >= 0.3 is 0 Å². The van der Waals surface area contributed by atoms with Crippen molar-refractivity contribution in [3.05, 3.63) is 71.7 Å². The molecule has 0 saturated heterocycles. The first-order chi connectivity index (χ1) is 15.2. The topological polar surface area (TPSA) is 112 Å². The smallest absolute Gasteiger partial charge is 0.269 e. The van der Waals surface area contributed by atoms with Crippen LogP contribution in [0.2, 0.25) is 0 Å². The molecule has 2 aromatic carbocycles. The van der Waals surface area contributed by atoms with Gasteiger partial charge in [0.2, 0.25) is 0 Å². The lowest BCUT2D eigenvalue weighted by atomic mass is 10.1. The van der Waals surface area contributed by atoms with Crippen LogP contribution in [-0.2, 0) is 10.0 Å². The maximum absolute atomic E-state index is 12.9. The van der Waals surface area contributed by atoms with Crippen LogP contribution in [0.4, 0.5) is 0 Å². The van der Waals surface area contributed by atoms with Crippen molar-refractivity contribution < 1.29 is 18.0 Å². The van der Waals surface area contributed by atoms with Gasteiger partial charge in [0.05, 0.1) is 23.5 Å². The highest BCUT2D eigenvalue weighted by molar-refractivity contribution is 7.90. The van der Waals surface area contributed by atoms with Gasteiger partial charge in [0, 0.05) is 11.6 Å². The van der Waals surface area contributed by atoms with Crippen LogP contribution in [0.1, 0.15) is 59.8 Å². The fourth-order valence-electron chi connectivity index (χ4n) is 3.78. The van der Waals surface area contributed by atoms with E-state index in [0.717, 1.165) is 15.6 Å². The molecule has 9 heteroatoms. The first-order valence-corrected chi connectivity index (χ1v) is 11.8. The minimum atomic E-state index is -3.98. The summed E-state index contributed by atoms with van der Waals surface area (Å²) in [5.74, 6) is -0.407. The number of rotatable bonds is 6. The van der Waals surface area contributed by atoms with E-state index in [1.807, 2.05) is 37.3 Å². The lowest BCUT2D eigenvalue weighted by Gasteiger charge is -2.18. The minimum absolute atomic E-state index is 0.0841. The number of aromatic nitrogens is 2. The number of nitrogens with zero attached hydrogens (tertiary/aromatic N) is 2. The van der Waals surface area contributed by atoms with Crippen LogP contribution in [0.25, 0.3) is 11.3 Å². The van der Waals surface area contributed by atoms with Gasteiger partial charge in [0.1, 0.15) is 10.7 Å². The third-order valence-corrected chi connectivity index (χ3v) is 7.40. The molecule has 1 aliphatic rings. The molecule has 0 bridgehead atoms. The normalized spacial score (nSPS) is 15.6. The quantitative estimate of drug-likeness (QED) is 0.594. The largest absolute Gasteiger partial charge is 0.342 e. The fraction of sp³-hybridized carbons (Fsp3) is 0.261. The van der Waals surface area contributed by atoms with E-state index in [1.165, 1.54) is 18.2 Å². The van der Waals surface area contributed by atoms with Gasteiger partial charge in [-0.05, 0) is 44.0 Å². The van der Waals surface area contributed by atoms with Crippen LogP contribution in [-0.4, -0.2) is 40.5 Å². The molecule has 0 fully saturated rings. The molecule has 0 aliphatic carbocycles. The maximum atomic E-state index is 12.9. The zero-order valence-electron chi connectivity index (χ0n) is 18.0. The average Bonchev–Trinajstić information content (AvgIpc) is 3.34. The molecule has 0 spiro atoms. The number of fused-ring (bicyclic) bond motifs is 1. The van der Waals surface area contributed by atoms with Crippen LogP contribution in [0.15, 0.2) is 59.6 Å². The highest BCUT2D eigenvalue weighted by atomic mass is 32.2. The number of nitrogens with one attached hydrogen (secondary N) is 2. The van der Waals surface area contributed by atoms with E-state index in [0.29, 0.717) is 12.2 Å². The Labute approximate surface area is 186 Å². The number of amides is 2. The van der Waals surface area contributed by atoms with Crippen LogP contribution in [0.5, 0.6) is 0 Å². The highest BCUT2D eigenvalue weighted by Crippen LogP contribution is 2.32. The number of hydrogen-bond donors (Lipinski definition) is 2. The molecular formula is C23H24N4O4S. The van der Waals surface area contributed by atoms with Crippen molar-refractivity contribution in [3.63, 3.8) is 0 Å². The number of H-pyrrole nitrogens is 1. The summed E-state index contributed by atoms with van der Waals surface area (Å²) in [6, 6.07) is 12.9. The van der Waals surface area contributed by atoms with Crippen LogP contribution < -0.4 is 5.32 Å². The van der Waals surface area contributed by atoms with E-state index in [-0.39, 0.29) is 16.0 Å². The first kappa shape index (κ1) is 21.8. The number of benzene rings is 2. The zero-order valence-corrected chi connectivity index (χ0v) is 18.8. The van der Waals surface area contributed by atoms with Crippen molar-refractivity contribution >= 4 is 21.8 Å². The van der Waals surface area contributed by atoms with E-state index in [2.05, 4.69) is 15.3 Å². The Hall–Kier alpha value is -3.46. The van der Waals surface area contributed by atoms with Crippen molar-refractivity contribution in [2.24, 2.45) is 0 Å². The standard InChI is InChI=1S/C23H24N4O4S/c1-4-18(21-24-13-19(25-21)15-8-6-5-7-9-15)26-22(28)16-10-11-17-20(12-16)32(30,31)27(14(2)3)23(17)29/h5-14,18H,4H2,1-3H3,(H,24,25)(H,26,28). The molecule has 0 radical (unpaired) electrons. The van der Waals surface area contributed by atoms with Gasteiger partial charge in [0.25, 0.3) is 21.8 Å². The second-order valence-electron chi connectivity index (χ2n) is 7.89. The molecule has 3 aromatic rings.